The van der Waals surface area contributed by atoms with E-state index in [1.807, 2.05) is 30.3 Å². The van der Waals surface area contributed by atoms with Crippen LogP contribution in [0.15, 0.2) is 30.3 Å². The summed E-state index contributed by atoms with van der Waals surface area (Å²) >= 11 is 0. The molecule has 0 amide bonds. The third kappa shape index (κ3) is 6.95. The number of hydrogen-bond donors (Lipinski definition) is 0. The van der Waals surface area contributed by atoms with Crippen LogP contribution in [-0.2, 0) is 25.3 Å². The van der Waals surface area contributed by atoms with Crippen LogP contribution in [-0.4, -0.2) is 40.5 Å². The molecule has 0 N–H and O–H groups in total. The molecule has 0 bridgehead atoms. The summed E-state index contributed by atoms with van der Waals surface area (Å²) in [4.78, 5) is 11.2. The van der Waals surface area contributed by atoms with Crippen LogP contribution in [0.4, 0.5) is 0 Å². The zero-order valence-electron chi connectivity index (χ0n) is 17.5. The predicted octanol–water partition coefficient (Wildman–Crippen LogP) is 4.83. The van der Waals surface area contributed by atoms with E-state index in [9.17, 15) is 4.79 Å². The molecule has 4 nitrogen and oxygen atoms in total. The van der Waals surface area contributed by atoms with Gasteiger partial charge in [-0.2, -0.15) is 0 Å². The first-order valence-electron chi connectivity index (χ1n) is 9.38. The molecule has 0 aliphatic carbocycles. The van der Waals surface area contributed by atoms with Gasteiger partial charge in [-0.25, -0.2) is 0 Å². The molecular weight excluding hydrogens is 344 g/mol. The van der Waals surface area contributed by atoms with Gasteiger partial charge < -0.3 is 18.7 Å². The smallest absolute Gasteiger partial charge is 0.192 e. The van der Waals surface area contributed by atoms with Crippen molar-refractivity contribution in [3.05, 3.63) is 35.9 Å². The van der Waals surface area contributed by atoms with Crippen molar-refractivity contribution in [3.8, 4) is 0 Å². The lowest BCUT2D eigenvalue weighted by Gasteiger charge is -2.41. The quantitative estimate of drug-likeness (QED) is 0.407. The largest absolute Gasteiger partial charge is 0.413 e. The van der Waals surface area contributed by atoms with E-state index in [2.05, 4.69) is 40.8 Å². The summed E-state index contributed by atoms with van der Waals surface area (Å²) in [5, 5.41) is 0.0975. The molecular formula is C21H36O4Si. The summed E-state index contributed by atoms with van der Waals surface area (Å²) in [5.41, 5.74) is 1.14. The Balaban J connectivity index is 2.71. The van der Waals surface area contributed by atoms with Crippen molar-refractivity contribution in [2.24, 2.45) is 5.92 Å². The van der Waals surface area contributed by atoms with Crippen molar-refractivity contribution in [1.82, 2.24) is 0 Å². The number of hydrogen-bond acceptors (Lipinski definition) is 4. The SMILES string of the molecule is CO[C@@H](COCc1ccccc1)[C@@H](C)[C@H](CC=O)O[Si](C)(C)C(C)(C)C. The van der Waals surface area contributed by atoms with Gasteiger partial charge in [-0.3, -0.25) is 0 Å². The minimum atomic E-state index is -1.97. The van der Waals surface area contributed by atoms with Crippen LogP contribution in [0.2, 0.25) is 18.1 Å². The normalized spacial score (nSPS) is 16.1. The van der Waals surface area contributed by atoms with Gasteiger partial charge >= 0.3 is 0 Å². The lowest BCUT2D eigenvalue weighted by molar-refractivity contribution is -0.111. The summed E-state index contributed by atoms with van der Waals surface area (Å²) in [7, 11) is -0.274. The van der Waals surface area contributed by atoms with E-state index in [4.69, 9.17) is 13.9 Å². The van der Waals surface area contributed by atoms with Crippen molar-refractivity contribution in [2.75, 3.05) is 13.7 Å². The van der Waals surface area contributed by atoms with E-state index in [-0.39, 0.29) is 23.2 Å². The molecule has 26 heavy (non-hydrogen) atoms. The van der Waals surface area contributed by atoms with Crippen molar-refractivity contribution < 1.29 is 18.7 Å². The molecule has 5 heteroatoms. The molecule has 148 valence electrons. The van der Waals surface area contributed by atoms with Crippen LogP contribution in [0, 0.1) is 5.92 Å². The van der Waals surface area contributed by atoms with E-state index < -0.39 is 8.32 Å². The van der Waals surface area contributed by atoms with Crippen LogP contribution in [0.5, 0.6) is 0 Å². The Hall–Kier alpha value is -1.01. The lowest BCUT2D eigenvalue weighted by Crippen LogP contribution is -2.48. The number of carbonyl (C=O) groups excluding carboxylic acids is 1. The fourth-order valence-corrected chi connectivity index (χ4v) is 3.98. The Morgan fingerprint density at radius 3 is 2.23 bits per heavy atom. The fourth-order valence-electron chi connectivity index (χ4n) is 2.56. The summed E-state index contributed by atoms with van der Waals surface area (Å²) < 4.78 is 18.1. The maximum absolute atomic E-state index is 11.2. The van der Waals surface area contributed by atoms with Gasteiger partial charge in [0.2, 0.25) is 0 Å². The molecule has 0 saturated carbocycles. The van der Waals surface area contributed by atoms with Gasteiger partial charge in [0.25, 0.3) is 0 Å². The highest BCUT2D eigenvalue weighted by Crippen LogP contribution is 2.38. The first kappa shape index (κ1) is 23.0. The van der Waals surface area contributed by atoms with Gasteiger partial charge in [0.15, 0.2) is 8.32 Å². The Kier molecular flexibility index (Phi) is 9.17. The Bertz CT molecular complexity index is 525. The summed E-state index contributed by atoms with van der Waals surface area (Å²) in [6, 6.07) is 10.1. The number of ether oxygens (including phenoxy) is 2. The van der Waals surface area contributed by atoms with E-state index in [0.717, 1.165) is 11.8 Å². The van der Waals surface area contributed by atoms with E-state index in [0.29, 0.717) is 19.6 Å². The van der Waals surface area contributed by atoms with Gasteiger partial charge in [0.05, 0.1) is 25.4 Å². The molecule has 0 spiro atoms. The minimum Gasteiger partial charge on any atom is -0.413 e. The zero-order chi connectivity index (χ0) is 19.8. The monoisotopic (exact) mass is 380 g/mol. The standard InChI is InChI=1S/C21H36O4Si/c1-17(19(13-14-22)25-26(6,7)21(2,3)4)20(23-5)16-24-15-18-11-9-8-10-12-18/h8-12,14,17,19-20H,13,15-16H2,1-7H3/t17-,19-,20-/m0/s1. The number of rotatable bonds is 11. The molecule has 3 atom stereocenters. The second-order valence-electron chi connectivity index (χ2n) is 8.45. The first-order chi connectivity index (χ1) is 12.1. The molecule has 1 aromatic carbocycles. The van der Waals surface area contributed by atoms with E-state index in [1.165, 1.54) is 0 Å². The topological polar surface area (TPSA) is 44.8 Å². The maximum atomic E-state index is 11.2. The van der Waals surface area contributed by atoms with Gasteiger partial charge in [0.1, 0.15) is 6.29 Å². The highest BCUT2D eigenvalue weighted by Gasteiger charge is 2.41. The van der Waals surface area contributed by atoms with Crippen molar-refractivity contribution in [3.63, 3.8) is 0 Å². The molecule has 0 saturated heterocycles. The number of carbonyl (C=O) groups is 1. The van der Waals surface area contributed by atoms with Crippen molar-refractivity contribution >= 4 is 14.6 Å². The summed E-state index contributed by atoms with van der Waals surface area (Å²) in [6.07, 6.45) is 1.06. The Labute approximate surface area is 160 Å². The van der Waals surface area contributed by atoms with Gasteiger partial charge in [-0.15, -0.1) is 0 Å². The van der Waals surface area contributed by atoms with Gasteiger partial charge in [-0.1, -0.05) is 58.0 Å². The molecule has 0 aromatic heterocycles. The maximum Gasteiger partial charge on any atom is 0.192 e. The van der Waals surface area contributed by atoms with Crippen LogP contribution in [0.3, 0.4) is 0 Å². The predicted molar refractivity (Wildman–Crippen MR) is 109 cm³/mol. The molecule has 0 heterocycles. The minimum absolute atomic E-state index is 0.0649. The highest BCUT2D eigenvalue weighted by molar-refractivity contribution is 6.74. The molecule has 1 aromatic rings. The Morgan fingerprint density at radius 1 is 1.12 bits per heavy atom. The van der Waals surface area contributed by atoms with Gasteiger partial charge in [-0.05, 0) is 23.7 Å². The van der Waals surface area contributed by atoms with Gasteiger partial charge in [0, 0.05) is 19.4 Å². The molecule has 0 unspecified atom stereocenters. The average molecular weight is 381 g/mol. The first-order valence-corrected chi connectivity index (χ1v) is 12.3. The number of benzene rings is 1. The zero-order valence-corrected chi connectivity index (χ0v) is 18.5. The molecule has 0 fully saturated rings. The second-order valence-corrected chi connectivity index (χ2v) is 13.2. The van der Waals surface area contributed by atoms with E-state index >= 15 is 0 Å². The van der Waals surface area contributed by atoms with Crippen LogP contribution < -0.4 is 0 Å². The highest BCUT2D eigenvalue weighted by atomic mass is 28.4. The fraction of sp³-hybridized carbons (Fsp3) is 0.667. The summed E-state index contributed by atoms with van der Waals surface area (Å²) in [5.74, 6) is 0.0649. The second kappa shape index (κ2) is 10.4. The average Bonchev–Trinajstić information content (AvgIpc) is 2.57. The molecule has 1 rings (SSSR count). The molecule has 0 radical (unpaired) electrons. The van der Waals surface area contributed by atoms with Crippen LogP contribution in [0.25, 0.3) is 0 Å². The summed E-state index contributed by atoms with van der Waals surface area (Å²) in [6.45, 7) is 14.2. The third-order valence-corrected chi connectivity index (χ3v) is 9.95. The van der Waals surface area contributed by atoms with Crippen molar-refractivity contribution in [1.29, 1.82) is 0 Å². The lowest BCUT2D eigenvalue weighted by atomic mass is 9.96. The third-order valence-electron chi connectivity index (χ3n) is 5.45. The van der Waals surface area contributed by atoms with Crippen LogP contribution in [0.1, 0.15) is 39.7 Å². The number of methoxy groups -OCH3 is 1. The van der Waals surface area contributed by atoms with E-state index in [1.54, 1.807) is 7.11 Å². The molecule has 0 aliphatic rings. The number of aldehydes is 1. The molecule has 0 aliphatic heterocycles. The van der Waals surface area contributed by atoms with Crippen molar-refractivity contribution in [2.45, 2.75) is 71.1 Å². The Morgan fingerprint density at radius 2 is 1.73 bits per heavy atom. The van der Waals surface area contributed by atoms with Crippen LogP contribution >= 0.6 is 0 Å².